The van der Waals surface area contributed by atoms with Gasteiger partial charge in [0.1, 0.15) is 11.6 Å². The van der Waals surface area contributed by atoms with E-state index < -0.39 is 17.5 Å². The molecule has 0 N–H and O–H groups in total. The van der Waals surface area contributed by atoms with E-state index >= 15 is 0 Å². The van der Waals surface area contributed by atoms with E-state index in [4.69, 9.17) is 13.9 Å². The van der Waals surface area contributed by atoms with Gasteiger partial charge in [-0.15, -0.1) is 10.2 Å². The second-order valence-electron chi connectivity index (χ2n) is 7.49. The van der Waals surface area contributed by atoms with Crippen molar-refractivity contribution in [1.29, 1.82) is 0 Å². The number of halogens is 1. The summed E-state index contributed by atoms with van der Waals surface area (Å²) in [6, 6.07) is 13.6. The Hall–Kier alpha value is -3.22. The molecule has 0 bridgehead atoms. The number of rotatable bonds is 6. The number of ether oxygens (including phenoxy) is 2. The molecule has 0 unspecified atom stereocenters. The van der Waals surface area contributed by atoms with E-state index in [0.29, 0.717) is 24.3 Å². The van der Waals surface area contributed by atoms with E-state index in [1.54, 1.807) is 56.5 Å². The van der Waals surface area contributed by atoms with Crippen molar-refractivity contribution in [1.82, 2.24) is 10.2 Å². The molecule has 2 aromatic carbocycles. The van der Waals surface area contributed by atoms with Crippen LogP contribution in [-0.4, -0.2) is 23.3 Å². The number of carbonyl (C=O) groups is 1. The van der Waals surface area contributed by atoms with E-state index in [9.17, 15) is 9.18 Å². The van der Waals surface area contributed by atoms with Crippen molar-refractivity contribution in [3.05, 3.63) is 65.8 Å². The number of nitrogens with zero attached hydrogens (tertiary/aromatic N) is 2. The third kappa shape index (κ3) is 3.67. The maximum absolute atomic E-state index is 14.5. The highest BCUT2D eigenvalue weighted by Crippen LogP contribution is 2.44. The fourth-order valence-electron chi connectivity index (χ4n) is 3.98. The van der Waals surface area contributed by atoms with Crippen LogP contribution in [0.5, 0.6) is 5.75 Å². The maximum Gasteiger partial charge on any atom is 0.317 e. The quantitative estimate of drug-likeness (QED) is 0.533. The van der Waals surface area contributed by atoms with E-state index in [2.05, 4.69) is 10.2 Å². The van der Waals surface area contributed by atoms with Crippen LogP contribution in [0.2, 0.25) is 0 Å². The molecule has 156 valence electrons. The van der Waals surface area contributed by atoms with Crippen molar-refractivity contribution in [2.75, 3.05) is 7.11 Å². The van der Waals surface area contributed by atoms with Gasteiger partial charge < -0.3 is 13.9 Å². The molecule has 1 aromatic heterocycles. The van der Waals surface area contributed by atoms with Crippen LogP contribution in [0.15, 0.2) is 52.9 Å². The van der Waals surface area contributed by atoms with Crippen molar-refractivity contribution in [2.45, 2.75) is 44.1 Å². The second-order valence-corrected chi connectivity index (χ2v) is 7.49. The van der Waals surface area contributed by atoms with Crippen LogP contribution in [0.4, 0.5) is 4.39 Å². The zero-order valence-electron chi connectivity index (χ0n) is 16.9. The lowest BCUT2D eigenvalue weighted by molar-refractivity contribution is -0.157. The van der Waals surface area contributed by atoms with Gasteiger partial charge in [-0.05, 0) is 50.1 Å². The fourth-order valence-corrected chi connectivity index (χ4v) is 3.98. The van der Waals surface area contributed by atoms with Gasteiger partial charge in [0.05, 0.1) is 12.5 Å². The highest BCUT2D eigenvalue weighted by atomic mass is 19.1. The maximum atomic E-state index is 14.5. The third-order valence-corrected chi connectivity index (χ3v) is 5.65. The van der Waals surface area contributed by atoms with Gasteiger partial charge in [0.2, 0.25) is 5.89 Å². The molecule has 6 nitrogen and oxygen atoms in total. The number of carbonyl (C=O) groups excluding carboxylic acids is 1. The molecule has 0 spiro atoms. The summed E-state index contributed by atoms with van der Waals surface area (Å²) in [5, 5.41) is 8.08. The molecule has 1 aliphatic carbocycles. The van der Waals surface area contributed by atoms with Crippen LogP contribution in [-0.2, 0) is 14.9 Å². The molecular formula is C23H23FN2O4. The Labute approximate surface area is 174 Å². The van der Waals surface area contributed by atoms with Gasteiger partial charge >= 0.3 is 5.97 Å². The molecule has 30 heavy (non-hydrogen) atoms. The number of hydrogen-bond donors (Lipinski definition) is 0. The molecule has 1 aliphatic rings. The van der Waals surface area contributed by atoms with Crippen LogP contribution >= 0.6 is 0 Å². The monoisotopic (exact) mass is 410 g/mol. The van der Waals surface area contributed by atoms with Gasteiger partial charge in [-0.2, -0.15) is 0 Å². The molecule has 1 atom stereocenters. The van der Waals surface area contributed by atoms with Crippen LogP contribution in [0, 0.1) is 5.82 Å². The van der Waals surface area contributed by atoms with Crippen molar-refractivity contribution in [3.63, 3.8) is 0 Å². The highest BCUT2D eigenvalue weighted by Gasteiger charge is 2.46. The van der Waals surface area contributed by atoms with Crippen LogP contribution in [0.3, 0.4) is 0 Å². The number of aromatic nitrogens is 2. The highest BCUT2D eigenvalue weighted by molar-refractivity contribution is 5.84. The predicted octanol–water partition coefficient (Wildman–Crippen LogP) is 5.00. The Morgan fingerprint density at radius 2 is 1.80 bits per heavy atom. The standard InChI is InChI=1S/C23H23FN2O4/c1-15(20-25-26-21(30-20)16-9-11-17(28-2)12-10-16)29-22(27)23(13-5-6-14-23)18-7-3-4-8-19(18)24/h3-4,7-12,15H,5-6,13-14H2,1-2H3/t15-/m1/s1. The average molecular weight is 410 g/mol. The first-order valence-corrected chi connectivity index (χ1v) is 9.97. The molecule has 7 heteroatoms. The van der Waals surface area contributed by atoms with E-state index in [0.717, 1.165) is 24.2 Å². The lowest BCUT2D eigenvalue weighted by Gasteiger charge is -2.28. The van der Waals surface area contributed by atoms with Gasteiger partial charge in [-0.25, -0.2) is 4.39 Å². The minimum absolute atomic E-state index is 0.191. The molecule has 0 saturated heterocycles. The molecule has 0 amide bonds. The van der Waals surface area contributed by atoms with Gasteiger partial charge in [-0.1, -0.05) is 31.0 Å². The Morgan fingerprint density at radius 3 is 2.47 bits per heavy atom. The first-order chi connectivity index (χ1) is 14.5. The first kappa shape index (κ1) is 20.1. The normalized spacial score (nSPS) is 16.2. The van der Waals surface area contributed by atoms with E-state index in [1.165, 1.54) is 6.07 Å². The molecule has 0 aliphatic heterocycles. The zero-order valence-corrected chi connectivity index (χ0v) is 16.9. The Balaban J connectivity index is 1.53. The predicted molar refractivity (Wildman–Crippen MR) is 107 cm³/mol. The summed E-state index contributed by atoms with van der Waals surface area (Å²) in [6.07, 6.45) is 2.06. The fraction of sp³-hybridized carbons (Fsp3) is 0.348. The summed E-state index contributed by atoms with van der Waals surface area (Å²) in [4.78, 5) is 13.2. The lowest BCUT2D eigenvalue weighted by atomic mass is 9.78. The average Bonchev–Trinajstić information content (AvgIpc) is 3.45. The van der Waals surface area contributed by atoms with Gasteiger partial charge in [0.15, 0.2) is 6.10 Å². The van der Waals surface area contributed by atoms with E-state index in [-0.39, 0.29) is 11.7 Å². The van der Waals surface area contributed by atoms with Crippen molar-refractivity contribution >= 4 is 5.97 Å². The number of esters is 1. The van der Waals surface area contributed by atoms with Crippen molar-refractivity contribution in [3.8, 4) is 17.2 Å². The Bertz CT molecular complexity index is 1030. The van der Waals surface area contributed by atoms with Crippen molar-refractivity contribution < 1.29 is 23.1 Å². The Kier molecular flexibility index (Phi) is 5.53. The summed E-state index contributed by atoms with van der Waals surface area (Å²) in [5.74, 6) is 0.386. The molecule has 0 radical (unpaired) electrons. The molecular weight excluding hydrogens is 387 g/mol. The summed E-state index contributed by atoms with van der Waals surface area (Å²) >= 11 is 0. The van der Waals surface area contributed by atoms with Crippen LogP contribution < -0.4 is 4.74 Å². The van der Waals surface area contributed by atoms with Gasteiger partial charge in [-0.3, -0.25) is 4.79 Å². The third-order valence-electron chi connectivity index (χ3n) is 5.65. The molecule has 4 rings (SSSR count). The molecule has 1 saturated carbocycles. The van der Waals surface area contributed by atoms with Crippen LogP contribution in [0.1, 0.15) is 50.2 Å². The lowest BCUT2D eigenvalue weighted by Crippen LogP contribution is -2.36. The topological polar surface area (TPSA) is 74.5 Å². The second kappa shape index (κ2) is 8.26. The summed E-state index contributed by atoms with van der Waals surface area (Å²) in [5.41, 5.74) is 0.147. The summed E-state index contributed by atoms with van der Waals surface area (Å²) in [6.45, 7) is 1.67. The Morgan fingerprint density at radius 1 is 1.10 bits per heavy atom. The van der Waals surface area contributed by atoms with Crippen molar-refractivity contribution in [2.24, 2.45) is 0 Å². The number of hydrogen-bond acceptors (Lipinski definition) is 6. The largest absolute Gasteiger partial charge is 0.497 e. The summed E-state index contributed by atoms with van der Waals surface area (Å²) < 4.78 is 31.1. The minimum Gasteiger partial charge on any atom is -0.497 e. The summed E-state index contributed by atoms with van der Waals surface area (Å²) in [7, 11) is 1.59. The smallest absolute Gasteiger partial charge is 0.317 e. The SMILES string of the molecule is COc1ccc(-c2nnc([C@@H](C)OC(=O)C3(c4ccccc4F)CCCC3)o2)cc1. The zero-order chi connectivity index (χ0) is 21.1. The number of methoxy groups -OCH3 is 1. The van der Waals surface area contributed by atoms with Gasteiger partial charge in [0.25, 0.3) is 5.89 Å². The molecule has 1 fully saturated rings. The van der Waals surface area contributed by atoms with Gasteiger partial charge in [0, 0.05) is 11.1 Å². The van der Waals surface area contributed by atoms with Crippen LogP contribution in [0.25, 0.3) is 11.5 Å². The first-order valence-electron chi connectivity index (χ1n) is 9.97. The number of benzene rings is 2. The molecule has 3 aromatic rings. The minimum atomic E-state index is -0.974. The van der Waals surface area contributed by atoms with E-state index in [1.807, 2.05) is 0 Å². The molecule has 1 heterocycles.